The fourth-order valence-electron chi connectivity index (χ4n) is 9.93. The van der Waals surface area contributed by atoms with Gasteiger partial charge in [-0.25, -0.2) is 0 Å². The van der Waals surface area contributed by atoms with Crippen LogP contribution in [0, 0.1) is 0 Å². The summed E-state index contributed by atoms with van der Waals surface area (Å²) in [5.41, 5.74) is 0. The van der Waals surface area contributed by atoms with E-state index in [4.69, 9.17) is 14.2 Å². The summed E-state index contributed by atoms with van der Waals surface area (Å²) < 4.78 is 17.0. The van der Waals surface area contributed by atoms with Gasteiger partial charge in [0, 0.05) is 19.3 Å². The topological polar surface area (TPSA) is 78.9 Å². The minimum absolute atomic E-state index is 0.0858. The lowest BCUT2D eigenvalue weighted by Gasteiger charge is -2.18. The Morgan fingerprint density at radius 3 is 0.787 bits per heavy atom. The van der Waals surface area contributed by atoms with Crippen LogP contribution in [-0.2, 0) is 28.6 Å². The Bertz CT molecular complexity index is 1520. The fraction of sp³-hybridized carbons (Fsp3) is 0.770. The smallest absolute Gasteiger partial charge is 0.306 e. The number of rotatable bonds is 63. The molecule has 0 bridgehead atoms. The number of ether oxygens (including phenoxy) is 3. The van der Waals surface area contributed by atoms with E-state index in [1.54, 1.807) is 0 Å². The lowest BCUT2D eigenvalue weighted by Crippen LogP contribution is -2.30. The van der Waals surface area contributed by atoms with E-state index in [0.717, 1.165) is 109 Å². The third-order valence-electron chi connectivity index (χ3n) is 15.1. The number of hydrogen-bond donors (Lipinski definition) is 0. The molecule has 462 valence electrons. The summed E-state index contributed by atoms with van der Waals surface area (Å²) >= 11 is 0. The number of hydrogen-bond acceptors (Lipinski definition) is 6. The second-order valence-electron chi connectivity index (χ2n) is 23.1. The largest absolute Gasteiger partial charge is 0.462 e. The van der Waals surface area contributed by atoms with Crippen molar-refractivity contribution in [1.29, 1.82) is 0 Å². The van der Waals surface area contributed by atoms with Gasteiger partial charge in [0.15, 0.2) is 6.10 Å². The average molecular weight is 1120 g/mol. The molecule has 0 heterocycles. The molecule has 0 saturated carbocycles. The maximum Gasteiger partial charge on any atom is 0.306 e. The van der Waals surface area contributed by atoms with Crippen LogP contribution < -0.4 is 0 Å². The van der Waals surface area contributed by atoms with E-state index in [1.807, 2.05) is 0 Å². The van der Waals surface area contributed by atoms with E-state index in [-0.39, 0.29) is 31.1 Å². The van der Waals surface area contributed by atoms with Crippen molar-refractivity contribution >= 4 is 17.9 Å². The molecule has 0 rings (SSSR count). The summed E-state index contributed by atoms with van der Waals surface area (Å²) in [5.74, 6) is -0.902. The standard InChI is InChI=1S/C74H130O6/c1-4-7-10-13-16-19-22-25-28-31-33-34-35-36-37-38-39-40-41-44-46-49-52-55-58-61-64-67-73(76)79-70-71(69-78-72(75)66-63-60-57-54-51-48-45-42-30-27-24-21-18-15-12-9-6-3)80-74(77)68-65-62-59-56-53-50-47-43-32-29-26-23-20-17-14-11-8-5-2/h9,12,18,20-21,23,27,29-33,45,48,71H,4-8,10-11,13-17,19,22,24-26,28,34-44,46-47,49-70H2,1-3H3/b12-9-,21-18-,23-20-,30-27-,32-29-,33-31-,48-45-. The molecule has 0 fully saturated rings. The zero-order chi connectivity index (χ0) is 57.8. The Morgan fingerprint density at radius 1 is 0.263 bits per heavy atom. The van der Waals surface area contributed by atoms with Crippen LogP contribution in [0.3, 0.4) is 0 Å². The average Bonchev–Trinajstić information content (AvgIpc) is 3.46. The SMILES string of the molecule is CC/C=C\C/C=C\C/C=C\C/C=C\CCCCCCC(=O)OCC(COC(=O)CCCCCCCCCCCCCCCCC/C=C\CCCCCCCCCC)OC(=O)CCCCCCCCC/C=C\C/C=C\CCCCCC. The lowest BCUT2D eigenvalue weighted by atomic mass is 10.0. The molecule has 0 N–H and O–H groups in total. The molecule has 0 aromatic rings. The molecule has 80 heavy (non-hydrogen) atoms. The van der Waals surface area contributed by atoms with Gasteiger partial charge in [-0.2, -0.15) is 0 Å². The van der Waals surface area contributed by atoms with E-state index in [1.165, 1.54) is 199 Å². The highest BCUT2D eigenvalue weighted by Gasteiger charge is 2.19. The molecule has 1 unspecified atom stereocenters. The molecule has 0 radical (unpaired) electrons. The first-order valence-corrected chi connectivity index (χ1v) is 34.6. The van der Waals surface area contributed by atoms with Crippen molar-refractivity contribution in [3.63, 3.8) is 0 Å². The van der Waals surface area contributed by atoms with Crippen LogP contribution in [0.15, 0.2) is 85.1 Å². The van der Waals surface area contributed by atoms with Gasteiger partial charge in [-0.3, -0.25) is 14.4 Å². The molecule has 0 aromatic carbocycles. The highest BCUT2D eigenvalue weighted by molar-refractivity contribution is 5.71. The maximum atomic E-state index is 12.9. The van der Waals surface area contributed by atoms with Crippen molar-refractivity contribution in [1.82, 2.24) is 0 Å². The normalized spacial score (nSPS) is 12.6. The number of carbonyl (C=O) groups is 3. The summed E-state index contributed by atoms with van der Waals surface area (Å²) in [7, 11) is 0. The minimum atomic E-state index is -0.793. The van der Waals surface area contributed by atoms with Gasteiger partial charge in [-0.05, 0) is 116 Å². The van der Waals surface area contributed by atoms with Crippen LogP contribution in [0.25, 0.3) is 0 Å². The van der Waals surface area contributed by atoms with Crippen molar-refractivity contribution in [2.45, 2.75) is 354 Å². The van der Waals surface area contributed by atoms with Gasteiger partial charge in [0.2, 0.25) is 0 Å². The summed E-state index contributed by atoms with van der Waals surface area (Å²) in [6.45, 7) is 6.53. The number of unbranched alkanes of at least 4 members (excludes halogenated alkanes) is 38. The molecule has 0 aromatic heterocycles. The van der Waals surface area contributed by atoms with Crippen LogP contribution in [-0.4, -0.2) is 37.2 Å². The van der Waals surface area contributed by atoms with Crippen molar-refractivity contribution in [3.8, 4) is 0 Å². The van der Waals surface area contributed by atoms with E-state index in [9.17, 15) is 14.4 Å². The van der Waals surface area contributed by atoms with E-state index in [2.05, 4.69) is 106 Å². The quantitative estimate of drug-likeness (QED) is 0.0261. The second kappa shape index (κ2) is 68.1. The van der Waals surface area contributed by atoms with Gasteiger partial charge < -0.3 is 14.2 Å². The van der Waals surface area contributed by atoms with Gasteiger partial charge >= 0.3 is 17.9 Å². The van der Waals surface area contributed by atoms with Crippen LogP contribution in [0.5, 0.6) is 0 Å². The molecule has 0 aliphatic heterocycles. The van der Waals surface area contributed by atoms with E-state index < -0.39 is 6.10 Å². The third-order valence-corrected chi connectivity index (χ3v) is 15.1. The Hall–Kier alpha value is -3.41. The lowest BCUT2D eigenvalue weighted by molar-refractivity contribution is -0.167. The van der Waals surface area contributed by atoms with Gasteiger partial charge in [-0.15, -0.1) is 0 Å². The summed E-state index contributed by atoms with van der Waals surface area (Å²) in [6.07, 6.45) is 90.3. The van der Waals surface area contributed by atoms with Crippen molar-refractivity contribution < 1.29 is 28.6 Å². The molecular weight excluding hydrogens is 985 g/mol. The highest BCUT2D eigenvalue weighted by Crippen LogP contribution is 2.17. The summed E-state index contributed by atoms with van der Waals surface area (Å²) in [4.78, 5) is 38.4. The molecule has 0 spiro atoms. The van der Waals surface area contributed by atoms with Crippen LogP contribution in [0.2, 0.25) is 0 Å². The highest BCUT2D eigenvalue weighted by atomic mass is 16.6. The zero-order valence-electron chi connectivity index (χ0n) is 53.1. The fourth-order valence-corrected chi connectivity index (χ4v) is 9.93. The van der Waals surface area contributed by atoms with Gasteiger partial charge in [0.1, 0.15) is 13.2 Å². The molecule has 0 aliphatic rings. The first-order valence-electron chi connectivity index (χ1n) is 34.6. The predicted molar refractivity (Wildman–Crippen MR) is 348 cm³/mol. The van der Waals surface area contributed by atoms with Gasteiger partial charge in [-0.1, -0.05) is 298 Å². The molecular formula is C74H130O6. The summed E-state index contributed by atoms with van der Waals surface area (Å²) in [5, 5.41) is 0. The second-order valence-corrected chi connectivity index (χ2v) is 23.1. The predicted octanol–water partition coefficient (Wildman–Crippen LogP) is 23.8. The minimum Gasteiger partial charge on any atom is -0.462 e. The van der Waals surface area contributed by atoms with Crippen molar-refractivity contribution in [2.75, 3.05) is 13.2 Å². The first kappa shape index (κ1) is 76.6. The first-order chi connectivity index (χ1) is 39.5. The van der Waals surface area contributed by atoms with Crippen LogP contribution >= 0.6 is 0 Å². The number of carbonyl (C=O) groups excluding carboxylic acids is 3. The Morgan fingerprint density at radius 2 is 0.487 bits per heavy atom. The molecule has 6 nitrogen and oxygen atoms in total. The Labute approximate surface area is 496 Å². The molecule has 0 amide bonds. The van der Waals surface area contributed by atoms with E-state index in [0.29, 0.717) is 19.3 Å². The zero-order valence-corrected chi connectivity index (χ0v) is 53.1. The Balaban J connectivity index is 4.32. The summed E-state index contributed by atoms with van der Waals surface area (Å²) in [6, 6.07) is 0. The van der Waals surface area contributed by atoms with Crippen molar-refractivity contribution in [2.24, 2.45) is 0 Å². The van der Waals surface area contributed by atoms with Gasteiger partial charge in [0.05, 0.1) is 0 Å². The van der Waals surface area contributed by atoms with Crippen LogP contribution in [0.4, 0.5) is 0 Å². The number of allylic oxidation sites excluding steroid dienone is 14. The van der Waals surface area contributed by atoms with Crippen LogP contribution in [0.1, 0.15) is 348 Å². The molecule has 1 atom stereocenters. The molecule has 6 heteroatoms. The third kappa shape index (κ3) is 65.4. The molecule has 0 aliphatic carbocycles. The van der Waals surface area contributed by atoms with Gasteiger partial charge in [0.25, 0.3) is 0 Å². The van der Waals surface area contributed by atoms with E-state index >= 15 is 0 Å². The maximum absolute atomic E-state index is 12.9. The Kier molecular flexibility index (Phi) is 65.2. The number of esters is 3. The molecule has 0 saturated heterocycles. The van der Waals surface area contributed by atoms with Crippen molar-refractivity contribution in [3.05, 3.63) is 85.1 Å². The monoisotopic (exact) mass is 1110 g/mol.